The van der Waals surface area contributed by atoms with Crippen molar-refractivity contribution in [3.8, 4) is 11.8 Å². The van der Waals surface area contributed by atoms with Crippen molar-refractivity contribution in [1.82, 2.24) is 0 Å². The first-order valence-corrected chi connectivity index (χ1v) is 5.03. The summed E-state index contributed by atoms with van der Waals surface area (Å²) in [6, 6.07) is 5.41. The van der Waals surface area contributed by atoms with E-state index < -0.39 is 0 Å². The topological polar surface area (TPSA) is 52.3 Å². The van der Waals surface area contributed by atoms with E-state index in [4.69, 9.17) is 5.73 Å². The lowest BCUT2D eigenvalue weighted by Gasteiger charge is -1.97. The molecule has 0 unspecified atom stereocenters. The Balaban J connectivity index is 2.76. The fraction of sp³-hybridized carbons (Fsp3) is 0.182. The number of hydrogen-bond donors (Lipinski definition) is 1. The molecular weight excluding hydrogens is 258 g/mol. The average molecular weight is 268 g/mol. The van der Waals surface area contributed by atoms with Gasteiger partial charge >= 0.3 is 5.97 Å². The molecule has 3 nitrogen and oxygen atoms in total. The number of hydrogen-bond acceptors (Lipinski definition) is 3. The van der Waals surface area contributed by atoms with Crippen LogP contribution in [0.15, 0.2) is 22.7 Å². The van der Waals surface area contributed by atoms with E-state index in [9.17, 15) is 4.79 Å². The average Bonchev–Trinajstić information content (AvgIpc) is 2.21. The molecule has 0 aliphatic carbocycles. The number of esters is 1. The lowest BCUT2D eigenvalue weighted by molar-refractivity contribution is -0.139. The first kappa shape index (κ1) is 11.6. The number of ether oxygens (including phenoxy) is 1. The van der Waals surface area contributed by atoms with Crippen LogP contribution in [0.4, 0.5) is 5.69 Å². The number of nitrogens with two attached hydrogens (primary N) is 1. The molecule has 1 aromatic carbocycles. The van der Waals surface area contributed by atoms with E-state index in [0.717, 1.165) is 4.47 Å². The summed E-state index contributed by atoms with van der Waals surface area (Å²) in [7, 11) is 1.33. The second kappa shape index (κ2) is 5.42. The van der Waals surface area contributed by atoms with Crippen LogP contribution in [0.3, 0.4) is 0 Å². The first-order chi connectivity index (χ1) is 7.13. The highest BCUT2D eigenvalue weighted by molar-refractivity contribution is 9.10. The number of halogens is 1. The Hall–Kier alpha value is -1.47. The van der Waals surface area contributed by atoms with Gasteiger partial charge in [0.15, 0.2) is 0 Å². The largest absolute Gasteiger partial charge is 0.468 e. The Morgan fingerprint density at radius 1 is 1.60 bits per heavy atom. The molecule has 0 atom stereocenters. The number of methoxy groups -OCH3 is 1. The Bertz CT molecular complexity index is 432. The van der Waals surface area contributed by atoms with Crippen LogP contribution in [-0.4, -0.2) is 13.1 Å². The van der Waals surface area contributed by atoms with Crippen molar-refractivity contribution in [2.75, 3.05) is 12.8 Å². The Kier molecular flexibility index (Phi) is 4.19. The number of rotatable bonds is 1. The van der Waals surface area contributed by atoms with Gasteiger partial charge in [-0.2, -0.15) is 0 Å². The van der Waals surface area contributed by atoms with Gasteiger partial charge in [0.1, 0.15) is 6.42 Å². The summed E-state index contributed by atoms with van der Waals surface area (Å²) in [5.41, 5.74) is 7.02. The minimum absolute atomic E-state index is 0.0754. The van der Waals surface area contributed by atoms with E-state index in [1.807, 2.05) is 6.07 Å². The third-order valence-corrected chi connectivity index (χ3v) is 2.19. The summed E-state index contributed by atoms with van der Waals surface area (Å²) < 4.78 is 5.36. The molecular formula is C11H10BrNO2. The van der Waals surface area contributed by atoms with E-state index in [1.165, 1.54) is 7.11 Å². The standard InChI is InChI=1S/C11H10BrNO2/c1-15-11(14)4-2-3-8-5-6-9(12)7-10(8)13/h5-7H,4,13H2,1H3. The molecule has 78 valence electrons. The van der Waals surface area contributed by atoms with Crippen LogP contribution in [0.2, 0.25) is 0 Å². The lowest BCUT2D eigenvalue weighted by atomic mass is 10.2. The van der Waals surface area contributed by atoms with Crippen molar-refractivity contribution in [2.45, 2.75) is 6.42 Å². The van der Waals surface area contributed by atoms with Crippen LogP contribution in [-0.2, 0) is 9.53 Å². The lowest BCUT2D eigenvalue weighted by Crippen LogP contribution is -1.97. The highest BCUT2D eigenvalue weighted by atomic mass is 79.9. The molecule has 0 saturated carbocycles. The zero-order valence-electron chi connectivity index (χ0n) is 8.21. The molecule has 0 spiro atoms. The summed E-state index contributed by atoms with van der Waals surface area (Å²) in [6.07, 6.45) is 0.0754. The van der Waals surface area contributed by atoms with Gasteiger partial charge in [-0.05, 0) is 18.2 Å². The van der Waals surface area contributed by atoms with Crippen LogP contribution in [0.25, 0.3) is 0 Å². The molecule has 0 aliphatic heterocycles. The third-order valence-electron chi connectivity index (χ3n) is 1.70. The van der Waals surface area contributed by atoms with E-state index in [1.54, 1.807) is 12.1 Å². The number of anilines is 1. The maximum atomic E-state index is 10.8. The first-order valence-electron chi connectivity index (χ1n) is 4.24. The number of carbonyl (C=O) groups excluding carboxylic acids is 1. The summed E-state index contributed by atoms with van der Waals surface area (Å²) in [6.45, 7) is 0. The summed E-state index contributed by atoms with van der Waals surface area (Å²) in [5.74, 6) is 5.15. The van der Waals surface area contributed by atoms with Crippen LogP contribution >= 0.6 is 15.9 Å². The van der Waals surface area contributed by atoms with Crippen molar-refractivity contribution in [3.63, 3.8) is 0 Å². The van der Waals surface area contributed by atoms with Gasteiger partial charge in [0.05, 0.1) is 7.11 Å². The van der Waals surface area contributed by atoms with Gasteiger partial charge in [0.2, 0.25) is 0 Å². The molecule has 0 aliphatic rings. The summed E-state index contributed by atoms with van der Waals surface area (Å²) in [5, 5.41) is 0. The molecule has 2 N–H and O–H groups in total. The quantitative estimate of drug-likeness (QED) is 0.481. The molecule has 0 saturated heterocycles. The van der Waals surface area contributed by atoms with E-state index >= 15 is 0 Å². The smallest absolute Gasteiger partial charge is 0.317 e. The Morgan fingerprint density at radius 3 is 2.93 bits per heavy atom. The van der Waals surface area contributed by atoms with E-state index in [-0.39, 0.29) is 12.4 Å². The SMILES string of the molecule is COC(=O)CC#Cc1ccc(Br)cc1N. The van der Waals surface area contributed by atoms with Crippen molar-refractivity contribution in [3.05, 3.63) is 28.2 Å². The highest BCUT2D eigenvalue weighted by Gasteiger charge is 1.97. The van der Waals surface area contributed by atoms with Gasteiger partial charge in [-0.25, -0.2) is 0 Å². The van der Waals surface area contributed by atoms with E-state index in [2.05, 4.69) is 32.5 Å². The Morgan fingerprint density at radius 2 is 2.33 bits per heavy atom. The minimum atomic E-state index is -0.349. The van der Waals surface area contributed by atoms with Gasteiger partial charge in [0.25, 0.3) is 0 Å². The Labute approximate surface area is 96.7 Å². The highest BCUT2D eigenvalue weighted by Crippen LogP contribution is 2.17. The number of nitrogen functional groups attached to an aromatic ring is 1. The van der Waals surface area contributed by atoms with Crippen LogP contribution < -0.4 is 5.73 Å². The van der Waals surface area contributed by atoms with Crippen LogP contribution in [0.5, 0.6) is 0 Å². The zero-order valence-corrected chi connectivity index (χ0v) is 9.80. The zero-order chi connectivity index (χ0) is 11.3. The molecule has 4 heteroatoms. The summed E-state index contributed by atoms with van der Waals surface area (Å²) >= 11 is 3.30. The van der Waals surface area contributed by atoms with Gasteiger partial charge in [-0.3, -0.25) is 4.79 Å². The molecule has 0 aromatic heterocycles. The van der Waals surface area contributed by atoms with Crippen molar-refractivity contribution in [2.24, 2.45) is 0 Å². The van der Waals surface area contributed by atoms with Crippen molar-refractivity contribution < 1.29 is 9.53 Å². The summed E-state index contributed by atoms with van der Waals surface area (Å²) in [4.78, 5) is 10.8. The van der Waals surface area contributed by atoms with Crippen molar-refractivity contribution in [1.29, 1.82) is 0 Å². The van der Waals surface area contributed by atoms with Gasteiger partial charge in [-0.15, -0.1) is 0 Å². The minimum Gasteiger partial charge on any atom is -0.468 e. The van der Waals surface area contributed by atoms with Gasteiger partial charge in [-0.1, -0.05) is 27.8 Å². The molecule has 0 amide bonds. The molecule has 1 rings (SSSR count). The maximum absolute atomic E-state index is 10.8. The van der Waals surface area contributed by atoms with E-state index in [0.29, 0.717) is 11.3 Å². The number of carbonyl (C=O) groups is 1. The molecule has 0 heterocycles. The molecule has 1 aromatic rings. The second-order valence-corrected chi connectivity index (χ2v) is 3.70. The molecule has 15 heavy (non-hydrogen) atoms. The van der Waals surface area contributed by atoms with Crippen LogP contribution in [0.1, 0.15) is 12.0 Å². The molecule has 0 bridgehead atoms. The number of benzene rings is 1. The maximum Gasteiger partial charge on any atom is 0.317 e. The van der Waals surface area contributed by atoms with Gasteiger partial charge < -0.3 is 10.5 Å². The monoisotopic (exact) mass is 267 g/mol. The van der Waals surface area contributed by atoms with Gasteiger partial charge in [0, 0.05) is 15.7 Å². The predicted molar refractivity (Wildman–Crippen MR) is 62.1 cm³/mol. The third kappa shape index (κ3) is 3.64. The fourth-order valence-electron chi connectivity index (χ4n) is 0.931. The van der Waals surface area contributed by atoms with Crippen molar-refractivity contribution >= 4 is 27.6 Å². The molecule has 0 fully saturated rings. The normalized spacial score (nSPS) is 8.93. The van der Waals surface area contributed by atoms with Crippen LogP contribution in [0, 0.1) is 11.8 Å². The predicted octanol–water partition coefficient (Wildman–Crippen LogP) is 1.95. The molecule has 0 radical (unpaired) electrons. The second-order valence-electron chi connectivity index (χ2n) is 2.79. The fourth-order valence-corrected chi connectivity index (χ4v) is 1.31.